The van der Waals surface area contributed by atoms with Gasteiger partial charge < -0.3 is 10.2 Å². The Hall–Kier alpha value is -0.820. The van der Waals surface area contributed by atoms with Crippen LogP contribution in [0.2, 0.25) is 0 Å². The van der Waals surface area contributed by atoms with Gasteiger partial charge in [-0.25, -0.2) is 17.5 Å². The molecule has 120 valence electrons. The Morgan fingerprint density at radius 1 is 1.10 bits per heavy atom. The minimum absolute atomic E-state index is 0.00683. The van der Waals surface area contributed by atoms with Crippen LogP contribution in [0.3, 0.4) is 0 Å². The molecule has 3 rings (SSSR count). The first-order valence-electron chi connectivity index (χ1n) is 7.99. The monoisotopic (exact) mass is 315 g/mol. The summed E-state index contributed by atoms with van der Waals surface area (Å²) < 4.78 is 26.0. The van der Waals surface area contributed by atoms with Gasteiger partial charge >= 0.3 is 6.03 Å². The summed E-state index contributed by atoms with van der Waals surface area (Å²) in [6.07, 6.45) is 5.88. The molecule has 21 heavy (non-hydrogen) atoms. The van der Waals surface area contributed by atoms with Crippen LogP contribution < -0.4 is 5.32 Å². The van der Waals surface area contributed by atoms with E-state index < -0.39 is 10.0 Å². The molecule has 0 radical (unpaired) electrons. The van der Waals surface area contributed by atoms with E-state index in [0.717, 1.165) is 19.3 Å². The first-order chi connectivity index (χ1) is 9.98. The van der Waals surface area contributed by atoms with Crippen LogP contribution in [0.25, 0.3) is 0 Å². The van der Waals surface area contributed by atoms with Crippen molar-refractivity contribution < 1.29 is 13.2 Å². The minimum Gasteiger partial charge on any atom is -0.335 e. The Morgan fingerprint density at radius 2 is 1.76 bits per heavy atom. The molecule has 3 fully saturated rings. The lowest BCUT2D eigenvalue weighted by Crippen LogP contribution is -2.44. The molecule has 0 bridgehead atoms. The average molecular weight is 315 g/mol. The van der Waals surface area contributed by atoms with Gasteiger partial charge in [-0.05, 0) is 31.6 Å². The topological polar surface area (TPSA) is 69.7 Å². The lowest BCUT2D eigenvalue weighted by Gasteiger charge is -2.24. The van der Waals surface area contributed by atoms with Crippen molar-refractivity contribution in [1.29, 1.82) is 0 Å². The zero-order chi connectivity index (χ0) is 15.0. The number of likely N-dealkylation sites (tertiary alicyclic amines) is 1. The molecule has 3 aliphatic rings. The summed E-state index contributed by atoms with van der Waals surface area (Å²) in [5.74, 6) is 0.171. The van der Waals surface area contributed by atoms with E-state index >= 15 is 0 Å². The van der Waals surface area contributed by atoms with Gasteiger partial charge in [-0.1, -0.05) is 12.8 Å². The lowest BCUT2D eigenvalue weighted by molar-refractivity contribution is 0.194. The number of rotatable bonds is 1. The number of nitrogens with zero attached hydrogens (tertiary/aromatic N) is 2. The van der Waals surface area contributed by atoms with Crippen LogP contribution in [-0.2, 0) is 10.0 Å². The fourth-order valence-corrected chi connectivity index (χ4v) is 5.92. The first kappa shape index (κ1) is 15.1. The molecule has 2 amide bonds. The second-order valence-electron chi connectivity index (χ2n) is 6.62. The molecular weight excluding hydrogens is 290 g/mol. The molecule has 2 saturated heterocycles. The summed E-state index contributed by atoms with van der Waals surface area (Å²) in [4.78, 5) is 14.1. The number of hydrogen-bond acceptors (Lipinski definition) is 3. The largest absolute Gasteiger partial charge is 0.335 e. The third-order valence-corrected chi connectivity index (χ3v) is 7.66. The SMILES string of the molecule is CN1C[C@@H]2CCN(C(=O)NC3CCCC3)CC[C@H]2S1(=O)=O. The average Bonchev–Trinajstić information content (AvgIpc) is 2.92. The first-order valence-corrected chi connectivity index (χ1v) is 9.49. The maximum absolute atomic E-state index is 12.3. The molecule has 2 heterocycles. The van der Waals surface area contributed by atoms with Crippen LogP contribution >= 0.6 is 0 Å². The number of fused-ring (bicyclic) bond motifs is 1. The third kappa shape index (κ3) is 2.90. The van der Waals surface area contributed by atoms with Crippen LogP contribution in [0.5, 0.6) is 0 Å². The molecule has 0 aromatic rings. The summed E-state index contributed by atoms with van der Waals surface area (Å²) in [6.45, 7) is 1.82. The molecule has 2 aliphatic heterocycles. The van der Waals surface area contributed by atoms with E-state index in [4.69, 9.17) is 0 Å². The highest BCUT2D eigenvalue weighted by molar-refractivity contribution is 7.90. The van der Waals surface area contributed by atoms with Crippen LogP contribution in [0.15, 0.2) is 0 Å². The highest BCUT2D eigenvalue weighted by atomic mass is 32.2. The number of hydrogen-bond donors (Lipinski definition) is 1. The Balaban J connectivity index is 1.60. The van der Waals surface area contributed by atoms with Gasteiger partial charge in [0.1, 0.15) is 0 Å². The lowest BCUT2D eigenvalue weighted by atomic mass is 10.0. The molecule has 0 aromatic carbocycles. The molecule has 6 nitrogen and oxygen atoms in total. The van der Waals surface area contributed by atoms with Crippen LogP contribution in [0.4, 0.5) is 4.79 Å². The van der Waals surface area contributed by atoms with Crippen molar-refractivity contribution in [2.75, 3.05) is 26.7 Å². The number of carbonyl (C=O) groups is 1. The van der Waals surface area contributed by atoms with E-state index in [2.05, 4.69) is 5.32 Å². The third-order valence-electron chi connectivity index (χ3n) is 5.26. The van der Waals surface area contributed by atoms with Gasteiger partial charge in [0.05, 0.1) is 5.25 Å². The summed E-state index contributed by atoms with van der Waals surface area (Å²) in [5.41, 5.74) is 0. The van der Waals surface area contributed by atoms with Gasteiger partial charge in [0.2, 0.25) is 10.0 Å². The smallest absolute Gasteiger partial charge is 0.317 e. The highest BCUT2D eigenvalue weighted by Crippen LogP contribution is 2.33. The molecule has 0 unspecified atom stereocenters. The van der Waals surface area contributed by atoms with E-state index in [1.165, 1.54) is 17.1 Å². The number of urea groups is 1. The Labute approximate surface area is 126 Å². The molecule has 1 saturated carbocycles. The predicted octanol–water partition coefficient (Wildman–Crippen LogP) is 0.994. The van der Waals surface area contributed by atoms with E-state index in [-0.39, 0.29) is 17.2 Å². The molecular formula is C14H25N3O3S. The van der Waals surface area contributed by atoms with Crippen LogP contribution in [0, 0.1) is 5.92 Å². The highest BCUT2D eigenvalue weighted by Gasteiger charge is 2.45. The molecule has 0 aromatic heterocycles. The normalized spacial score (nSPS) is 33.7. The van der Waals surface area contributed by atoms with Crippen molar-refractivity contribution in [3.05, 3.63) is 0 Å². The number of sulfonamides is 1. The summed E-state index contributed by atoms with van der Waals surface area (Å²) in [5, 5.41) is 2.80. The van der Waals surface area contributed by atoms with E-state index in [0.29, 0.717) is 32.1 Å². The summed E-state index contributed by atoms with van der Waals surface area (Å²) >= 11 is 0. The van der Waals surface area contributed by atoms with Gasteiger partial charge in [-0.3, -0.25) is 0 Å². The van der Waals surface area contributed by atoms with Gasteiger partial charge in [0.25, 0.3) is 0 Å². The summed E-state index contributed by atoms with van der Waals surface area (Å²) in [6, 6.07) is 0.308. The molecule has 0 spiro atoms. The molecule has 1 N–H and O–H groups in total. The summed E-state index contributed by atoms with van der Waals surface area (Å²) in [7, 11) is -1.48. The number of nitrogens with one attached hydrogen (secondary N) is 1. The van der Waals surface area contributed by atoms with Crippen molar-refractivity contribution in [3.8, 4) is 0 Å². The number of amides is 2. The van der Waals surface area contributed by atoms with Crippen molar-refractivity contribution in [2.45, 2.75) is 49.8 Å². The maximum atomic E-state index is 12.3. The van der Waals surface area contributed by atoms with Gasteiger partial charge in [0, 0.05) is 32.7 Å². The zero-order valence-electron chi connectivity index (χ0n) is 12.6. The minimum atomic E-state index is -3.15. The van der Waals surface area contributed by atoms with Crippen molar-refractivity contribution in [1.82, 2.24) is 14.5 Å². The van der Waals surface area contributed by atoms with Gasteiger partial charge in [-0.15, -0.1) is 0 Å². The Kier molecular flexibility index (Phi) is 4.14. The number of carbonyl (C=O) groups excluding carboxylic acids is 1. The second-order valence-corrected chi connectivity index (χ2v) is 8.88. The van der Waals surface area contributed by atoms with Crippen molar-refractivity contribution >= 4 is 16.1 Å². The fourth-order valence-electron chi connectivity index (χ4n) is 3.94. The van der Waals surface area contributed by atoms with Gasteiger partial charge in [0.15, 0.2) is 0 Å². The Bertz CT molecular complexity index is 502. The Morgan fingerprint density at radius 3 is 2.48 bits per heavy atom. The molecule has 7 heteroatoms. The molecule has 1 aliphatic carbocycles. The van der Waals surface area contributed by atoms with E-state index in [9.17, 15) is 13.2 Å². The molecule has 2 atom stereocenters. The zero-order valence-corrected chi connectivity index (χ0v) is 13.4. The quantitative estimate of drug-likeness (QED) is 0.784. The van der Waals surface area contributed by atoms with Crippen molar-refractivity contribution in [2.24, 2.45) is 5.92 Å². The van der Waals surface area contributed by atoms with Crippen LogP contribution in [-0.4, -0.2) is 61.6 Å². The van der Waals surface area contributed by atoms with E-state index in [1.54, 1.807) is 7.05 Å². The van der Waals surface area contributed by atoms with Gasteiger partial charge in [-0.2, -0.15) is 0 Å². The second kappa shape index (κ2) is 5.76. The maximum Gasteiger partial charge on any atom is 0.317 e. The van der Waals surface area contributed by atoms with Crippen molar-refractivity contribution in [3.63, 3.8) is 0 Å². The fraction of sp³-hybridized carbons (Fsp3) is 0.929. The predicted molar refractivity (Wildman–Crippen MR) is 80.4 cm³/mol. The van der Waals surface area contributed by atoms with E-state index in [1.807, 2.05) is 4.90 Å². The van der Waals surface area contributed by atoms with Crippen LogP contribution in [0.1, 0.15) is 38.5 Å². The standard InChI is InChI=1S/C14H25N3O3S/c1-16-10-11-6-8-17(9-7-13(11)21(16,19)20)14(18)15-12-4-2-3-5-12/h11-13H,2-10H2,1H3,(H,15,18)/t11-,13+/m0/s1.